The fourth-order valence-corrected chi connectivity index (χ4v) is 2.51. The zero-order chi connectivity index (χ0) is 17.7. The molecule has 0 aliphatic heterocycles. The molecular formula is C20H23NO3. The molecule has 0 fully saturated rings. The van der Waals surface area contributed by atoms with Crippen LogP contribution in [-0.2, 0) is 16.0 Å². The van der Waals surface area contributed by atoms with Crippen molar-refractivity contribution >= 4 is 17.6 Å². The van der Waals surface area contributed by atoms with Crippen molar-refractivity contribution in [3.63, 3.8) is 0 Å². The van der Waals surface area contributed by atoms with Crippen molar-refractivity contribution in [3.05, 3.63) is 64.7 Å². The number of para-hydroxylation sites is 1. The number of ether oxygens (including phenoxy) is 1. The first-order chi connectivity index (χ1) is 11.4. The Kier molecular flexibility index (Phi) is 5.74. The number of esters is 1. The summed E-state index contributed by atoms with van der Waals surface area (Å²) in [6.07, 6.45) is -0.0595. The molecule has 2 rings (SSSR count). The molecule has 0 saturated carbocycles. The second-order valence-electron chi connectivity index (χ2n) is 5.81. The van der Waals surface area contributed by atoms with Gasteiger partial charge >= 0.3 is 5.97 Å². The molecule has 126 valence electrons. The summed E-state index contributed by atoms with van der Waals surface area (Å²) in [5.74, 6) is -0.822. The lowest BCUT2D eigenvalue weighted by Gasteiger charge is -2.17. The SMILES string of the molecule is CCc1cccc(C)c1NC(=O)[C@@H](C)OC(=O)c1ccccc1C. The van der Waals surface area contributed by atoms with Gasteiger partial charge in [0.25, 0.3) is 5.91 Å². The van der Waals surface area contributed by atoms with Crippen LogP contribution in [0.2, 0.25) is 0 Å². The minimum absolute atomic E-state index is 0.332. The number of hydrogen-bond donors (Lipinski definition) is 1. The predicted molar refractivity (Wildman–Crippen MR) is 95.2 cm³/mol. The Hall–Kier alpha value is -2.62. The molecule has 4 heteroatoms. The summed E-state index contributed by atoms with van der Waals surface area (Å²) in [4.78, 5) is 24.6. The van der Waals surface area contributed by atoms with Gasteiger partial charge in [-0.25, -0.2) is 4.79 Å². The van der Waals surface area contributed by atoms with Crippen molar-refractivity contribution in [2.45, 2.75) is 40.2 Å². The van der Waals surface area contributed by atoms with E-state index in [0.717, 1.165) is 28.8 Å². The molecule has 1 amide bonds. The lowest BCUT2D eigenvalue weighted by atomic mass is 10.1. The van der Waals surface area contributed by atoms with Crippen LogP contribution >= 0.6 is 0 Å². The van der Waals surface area contributed by atoms with E-state index in [1.807, 2.05) is 51.1 Å². The average molecular weight is 325 g/mol. The van der Waals surface area contributed by atoms with Gasteiger partial charge in [-0.1, -0.05) is 43.3 Å². The van der Waals surface area contributed by atoms with Gasteiger partial charge in [-0.2, -0.15) is 0 Å². The molecule has 0 bridgehead atoms. The molecule has 0 radical (unpaired) electrons. The third-order valence-electron chi connectivity index (χ3n) is 4.01. The minimum Gasteiger partial charge on any atom is -0.449 e. The molecule has 4 nitrogen and oxygen atoms in total. The topological polar surface area (TPSA) is 55.4 Å². The zero-order valence-electron chi connectivity index (χ0n) is 14.6. The number of amides is 1. The molecule has 1 atom stereocenters. The Labute approximate surface area is 142 Å². The lowest BCUT2D eigenvalue weighted by Crippen LogP contribution is -2.30. The molecule has 1 N–H and O–H groups in total. The maximum Gasteiger partial charge on any atom is 0.339 e. The van der Waals surface area contributed by atoms with E-state index < -0.39 is 12.1 Å². The summed E-state index contributed by atoms with van der Waals surface area (Å²) in [6.45, 7) is 7.39. The van der Waals surface area contributed by atoms with Gasteiger partial charge < -0.3 is 10.1 Å². The van der Waals surface area contributed by atoms with Gasteiger partial charge in [0.15, 0.2) is 6.10 Å². The summed E-state index contributed by atoms with van der Waals surface area (Å²) >= 11 is 0. The fourth-order valence-electron chi connectivity index (χ4n) is 2.51. The van der Waals surface area contributed by atoms with Gasteiger partial charge in [0, 0.05) is 5.69 Å². The Bertz CT molecular complexity index is 752. The van der Waals surface area contributed by atoms with Crippen LogP contribution in [0.4, 0.5) is 5.69 Å². The minimum atomic E-state index is -0.874. The highest BCUT2D eigenvalue weighted by atomic mass is 16.5. The van der Waals surface area contributed by atoms with E-state index in [4.69, 9.17) is 4.74 Å². The maximum absolute atomic E-state index is 12.4. The zero-order valence-corrected chi connectivity index (χ0v) is 14.6. The number of benzene rings is 2. The molecule has 2 aromatic rings. The van der Waals surface area contributed by atoms with Crippen LogP contribution in [0.5, 0.6) is 0 Å². The first kappa shape index (κ1) is 17.7. The van der Waals surface area contributed by atoms with Gasteiger partial charge in [0.2, 0.25) is 0 Å². The van der Waals surface area contributed by atoms with Crippen molar-refractivity contribution in [3.8, 4) is 0 Å². The van der Waals surface area contributed by atoms with E-state index in [0.29, 0.717) is 5.56 Å². The van der Waals surface area contributed by atoms with Crippen LogP contribution < -0.4 is 5.32 Å². The standard InChI is InChI=1S/C20H23NO3/c1-5-16-11-8-10-14(3)18(16)21-19(22)15(4)24-20(23)17-12-7-6-9-13(17)2/h6-12,15H,5H2,1-4H3,(H,21,22)/t15-/m1/s1. The van der Waals surface area contributed by atoms with Crippen molar-refractivity contribution in [1.82, 2.24) is 0 Å². The number of hydrogen-bond acceptors (Lipinski definition) is 3. The maximum atomic E-state index is 12.4. The summed E-state index contributed by atoms with van der Waals surface area (Å²) < 4.78 is 5.31. The number of rotatable bonds is 5. The van der Waals surface area contributed by atoms with Gasteiger partial charge in [0.05, 0.1) is 5.56 Å². The van der Waals surface area contributed by atoms with Crippen LogP contribution in [0.25, 0.3) is 0 Å². The predicted octanol–water partition coefficient (Wildman–Crippen LogP) is 4.05. The lowest BCUT2D eigenvalue weighted by molar-refractivity contribution is -0.123. The summed E-state index contributed by atoms with van der Waals surface area (Å²) in [6, 6.07) is 13.0. The largest absolute Gasteiger partial charge is 0.449 e. The fraction of sp³-hybridized carbons (Fsp3) is 0.300. The number of carbonyl (C=O) groups excluding carboxylic acids is 2. The molecule has 24 heavy (non-hydrogen) atoms. The first-order valence-corrected chi connectivity index (χ1v) is 8.10. The monoisotopic (exact) mass is 325 g/mol. The van der Waals surface area contributed by atoms with Gasteiger partial charge in [-0.15, -0.1) is 0 Å². The molecular weight excluding hydrogens is 302 g/mol. The highest BCUT2D eigenvalue weighted by Gasteiger charge is 2.21. The Morgan fingerprint density at radius 1 is 1.04 bits per heavy atom. The van der Waals surface area contributed by atoms with Crippen molar-refractivity contribution in [2.24, 2.45) is 0 Å². The first-order valence-electron chi connectivity index (χ1n) is 8.10. The smallest absolute Gasteiger partial charge is 0.339 e. The van der Waals surface area contributed by atoms with Crippen LogP contribution in [0.15, 0.2) is 42.5 Å². The molecule has 0 aliphatic carbocycles. The van der Waals surface area contributed by atoms with Crippen LogP contribution in [-0.4, -0.2) is 18.0 Å². The Balaban J connectivity index is 2.08. The molecule has 0 heterocycles. The summed E-state index contributed by atoms with van der Waals surface area (Å²) in [5, 5.41) is 2.88. The summed E-state index contributed by atoms with van der Waals surface area (Å²) in [7, 11) is 0. The average Bonchev–Trinajstić information content (AvgIpc) is 2.56. The van der Waals surface area contributed by atoms with Crippen molar-refractivity contribution in [1.29, 1.82) is 0 Å². The highest BCUT2D eigenvalue weighted by molar-refractivity contribution is 5.98. The summed E-state index contributed by atoms with van der Waals surface area (Å²) in [5.41, 5.74) is 4.13. The molecule has 0 spiro atoms. The van der Waals surface area contributed by atoms with E-state index >= 15 is 0 Å². The number of nitrogens with one attached hydrogen (secondary N) is 1. The van der Waals surface area contributed by atoms with Gasteiger partial charge in [-0.3, -0.25) is 4.79 Å². The number of anilines is 1. The van der Waals surface area contributed by atoms with Crippen LogP contribution in [0.1, 0.15) is 40.9 Å². The Morgan fingerprint density at radius 3 is 2.38 bits per heavy atom. The Morgan fingerprint density at radius 2 is 1.71 bits per heavy atom. The number of carbonyl (C=O) groups is 2. The third-order valence-corrected chi connectivity index (χ3v) is 4.01. The van der Waals surface area contributed by atoms with E-state index in [1.165, 1.54) is 0 Å². The van der Waals surface area contributed by atoms with Gasteiger partial charge in [0.1, 0.15) is 0 Å². The molecule has 0 unspecified atom stereocenters. The second kappa shape index (κ2) is 7.77. The van der Waals surface area contributed by atoms with Crippen LogP contribution in [0, 0.1) is 13.8 Å². The normalized spacial score (nSPS) is 11.7. The quantitative estimate of drug-likeness (QED) is 0.844. The molecule has 0 aromatic heterocycles. The van der Waals surface area contributed by atoms with Crippen molar-refractivity contribution < 1.29 is 14.3 Å². The molecule has 0 saturated heterocycles. The van der Waals surface area contributed by atoms with E-state index in [-0.39, 0.29) is 5.91 Å². The van der Waals surface area contributed by atoms with Gasteiger partial charge in [-0.05, 0) is 49.9 Å². The second-order valence-corrected chi connectivity index (χ2v) is 5.81. The van der Waals surface area contributed by atoms with Crippen LogP contribution in [0.3, 0.4) is 0 Å². The van der Waals surface area contributed by atoms with E-state index in [2.05, 4.69) is 5.32 Å². The van der Waals surface area contributed by atoms with E-state index in [1.54, 1.807) is 19.1 Å². The van der Waals surface area contributed by atoms with Crippen molar-refractivity contribution in [2.75, 3.05) is 5.32 Å². The number of aryl methyl sites for hydroxylation is 3. The molecule has 2 aromatic carbocycles. The molecule has 0 aliphatic rings. The van der Waals surface area contributed by atoms with E-state index in [9.17, 15) is 9.59 Å². The third kappa shape index (κ3) is 4.02. The highest BCUT2D eigenvalue weighted by Crippen LogP contribution is 2.21.